The van der Waals surface area contributed by atoms with Crippen LogP contribution in [0, 0.1) is 0 Å². The van der Waals surface area contributed by atoms with Crippen molar-refractivity contribution >= 4 is 17.5 Å². The molecule has 0 saturated carbocycles. The Bertz CT molecular complexity index is 416. The Morgan fingerprint density at radius 2 is 2.06 bits per heavy atom. The van der Waals surface area contributed by atoms with E-state index in [-0.39, 0.29) is 18.0 Å². The fraction of sp³-hybridized carbons (Fsp3) is 0.364. The molecule has 0 N–H and O–H groups in total. The van der Waals surface area contributed by atoms with Gasteiger partial charge in [0.15, 0.2) is 0 Å². The molecule has 0 radical (unpaired) electrons. The highest BCUT2D eigenvalue weighted by Gasteiger charge is 2.31. The Labute approximate surface area is 101 Å². The van der Waals surface area contributed by atoms with E-state index in [2.05, 4.69) is 4.74 Å². The number of hydrogen-bond donors (Lipinski definition) is 0. The van der Waals surface area contributed by atoms with Gasteiger partial charge in [-0.1, -0.05) is 0 Å². The lowest BCUT2D eigenvalue weighted by Crippen LogP contribution is -2.17. The molecule has 0 amide bonds. The van der Waals surface area contributed by atoms with Crippen molar-refractivity contribution in [3.63, 3.8) is 0 Å². The Morgan fingerprint density at radius 1 is 1.41 bits per heavy atom. The zero-order valence-corrected chi connectivity index (χ0v) is 10.1. The van der Waals surface area contributed by atoms with Crippen molar-refractivity contribution in [2.75, 3.05) is 6.26 Å². The molecule has 0 fully saturated rings. The standard InChI is InChI=1S/C11H11F3O2S/c1-7(15)5-8-6-9(16-11(12,13)14)3-4-10(8)17-2/h3-4,6H,5H2,1-2H3. The number of Topliss-reactive ketones (excluding diaryl/α,β-unsaturated/α-hetero) is 1. The summed E-state index contributed by atoms with van der Waals surface area (Å²) in [6, 6.07) is 4.01. The molecular formula is C11H11F3O2S. The molecule has 1 aromatic rings. The summed E-state index contributed by atoms with van der Waals surface area (Å²) < 4.78 is 39.9. The molecule has 0 heterocycles. The highest BCUT2D eigenvalue weighted by atomic mass is 32.2. The summed E-state index contributed by atoms with van der Waals surface area (Å²) in [5.41, 5.74) is 0.548. The van der Waals surface area contributed by atoms with Gasteiger partial charge in [0.2, 0.25) is 0 Å². The number of carbonyl (C=O) groups excluding carboxylic acids is 1. The molecule has 6 heteroatoms. The van der Waals surface area contributed by atoms with Gasteiger partial charge >= 0.3 is 6.36 Å². The molecule has 0 unspecified atom stereocenters. The molecule has 94 valence electrons. The van der Waals surface area contributed by atoms with Gasteiger partial charge in [0.25, 0.3) is 0 Å². The molecular weight excluding hydrogens is 253 g/mol. The largest absolute Gasteiger partial charge is 0.573 e. The Kier molecular flexibility index (Phi) is 4.45. The number of ether oxygens (including phenoxy) is 1. The van der Waals surface area contributed by atoms with Crippen molar-refractivity contribution in [1.82, 2.24) is 0 Å². The maximum atomic E-state index is 12.0. The third-order valence-corrected chi connectivity index (χ3v) is 2.76. The number of ketones is 1. The number of rotatable bonds is 4. The van der Waals surface area contributed by atoms with E-state index in [1.165, 1.54) is 36.9 Å². The first kappa shape index (κ1) is 13.9. The Morgan fingerprint density at radius 3 is 2.53 bits per heavy atom. The zero-order valence-electron chi connectivity index (χ0n) is 9.30. The third kappa shape index (κ3) is 4.68. The average molecular weight is 264 g/mol. The van der Waals surface area contributed by atoms with E-state index < -0.39 is 6.36 Å². The van der Waals surface area contributed by atoms with Gasteiger partial charge in [-0.05, 0) is 36.9 Å². The van der Waals surface area contributed by atoms with Crippen LogP contribution in [-0.2, 0) is 11.2 Å². The van der Waals surface area contributed by atoms with Crippen molar-refractivity contribution in [2.45, 2.75) is 24.6 Å². The second kappa shape index (κ2) is 5.44. The normalized spacial score (nSPS) is 11.4. The number of carbonyl (C=O) groups is 1. The molecule has 2 nitrogen and oxygen atoms in total. The van der Waals surface area contributed by atoms with Gasteiger partial charge in [0, 0.05) is 11.3 Å². The van der Waals surface area contributed by atoms with Crippen LogP contribution in [-0.4, -0.2) is 18.4 Å². The van der Waals surface area contributed by atoms with E-state index in [0.29, 0.717) is 5.56 Å². The van der Waals surface area contributed by atoms with Gasteiger partial charge in [0.05, 0.1) is 0 Å². The number of hydrogen-bond acceptors (Lipinski definition) is 3. The molecule has 0 aromatic heterocycles. The monoisotopic (exact) mass is 264 g/mol. The minimum atomic E-state index is -4.71. The van der Waals surface area contributed by atoms with Gasteiger partial charge in [-0.3, -0.25) is 4.79 Å². The second-order valence-corrected chi connectivity index (χ2v) is 4.25. The summed E-state index contributed by atoms with van der Waals surface area (Å²) >= 11 is 1.38. The lowest BCUT2D eigenvalue weighted by Gasteiger charge is -2.12. The molecule has 0 spiro atoms. The smallest absolute Gasteiger partial charge is 0.406 e. The maximum Gasteiger partial charge on any atom is 0.573 e. The van der Waals surface area contributed by atoms with E-state index >= 15 is 0 Å². The Hall–Kier alpha value is -1.17. The van der Waals surface area contributed by atoms with Gasteiger partial charge < -0.3 is 4.74 Å². The van der Waals surface area contributed by atoms with E-state index in [1.54, 1.807) is 6.26 Å². The summed E-state index contributed by atoms with van der Waals surface area (Å²) in [5.74, 6) is -0.406. The molecule has 0 aliphatic rings. The summed E-state index contributed by atoms with van der Waals surface area (Å²) in [6.07, 6.45) is -2.82. The van der Waals surface area contributed by atoms with Crippen LogP contribution in [0.15, 0.2) is 23.1 Å². The summed E-state index contributed by atoms with van der Waals surface area (Å²) in [6.45, 7) is 1.39. The summed E-state index contributed by atoms with van der Waals surface area (Å²) in [7, 11) is 0. The summed E-state index contributed by atoms with van der Waals surface area (Å²) in [4.78, 5) is 11.8. The molecule has 0 saturated heterocycles. The van der Waals surface area contributed by atoms with Crippen molar-refractivity contribution in [3.8, 4) is 5.75 Å². The highest BCUT2D eigenvalue weighted by molar-refractivity contribution is 7.98. The van der Waals surface area contributed by atoms with Crippen LogP contribution in [0.1, 0.15) is 12.5 Å². The van der Waals surface area contributed by atoms with Gasteiger partial charge in [-0.25, -0.2) is 0 Å². The molecule has 0 aliphatic heterocycles. The molecule has 1 rings (SSSR count). The van der Waals surface area contributed by atoms with Crippen molar-refractivity contribution in [3.05, 3.63) is 23.8 Å². The van der Waals surface area contributed by atoms with Gasteiger partial charge in [-0.15, -0.1) is 24.9 Å². The first-order valence-corrected chi connectivity index (χ1v) is 5.96. The SMILES string of the molecule is CSc1ccc(OC(F)(F)F)cc1CC(C)=O. The first-order chi connectivity index (χ1) is 7.81. The fourth-order valence-electron chi connectivity index (χ4n) is 1.36. The van der Waals surface area contributed by atoms with Crippen LogP contribution in [0.2, 0.25) is 0 Å². The van der Waals surface area contributed by atoms with Crippen LogP contribution in [0.4, 0.5) is 13.2 Å². The summed E-state index contributed by atoms with van der Waals surface area (Å²) in [5, 5.41) is 0. The van der Waals surface area contributed by atoms with E-state index in [0.717, 1.165) is 4.90 Å². The number of halogens is 3. The Balaban J connectivity index is 3.00. The molecule has 0 bridgehead atoms. The van der Waals surface area contributed by atoms with E-state index in [9.17, 15) is 18.0 Å². The second-order valence-electron chi connectivity index (χ2n) is 3.40. The van der Waals surface area contributed by atoms with Gasteiger partial charge in [-0.2, -0.15) is 0 Å². The molecule has 0 aliphatic carbocycles. The molecule has 17 heavy (non-hydrogen) atoms. The molecule has 0 atom stereocenters. The van der Waals surface area contributed by atoms with Crippen molar-refractivity contribution < 1.29 is 22.7 Å². The lowest BCUT2D eigenvalue weighted by molar-refractivity contribution is -0.274. The number of thioether (sulfide) groups is 1. The minimum absolute atomic E-state index is 0.102. The zero-order chi connectivity index (χ0) is 13.1. The predicted molar refractivity (Wildman–Crippen MR) is 59.3 cm³/mol. The lowest BCUT2D eigenvalue weighted by atomic mass is 10.1. The van der Waals surface area contributed by atoms with E-state index in [4.69, 9.17) is 0 Å². The van der Waals surface area contributed by atoms with Crippen LogP contribution in [0.5, 0.6) is 5.75 Å². The van der Waals surface area contributed by atoms with Gasteiger partial charge in [0.1, 0.15) is 11.5 Å². The van der Waals surface area contributed by atoms with Crippen LogP contribution in [0.25, 0.3) is 0 Å². The topological polar surface area (TPSA) is 26.3 Å². The van der Waals surface area contributed by atoms with Crippen molar-refractivity contribution in [1.29, 1.82) is 0 Å². The van der Waals surface area contributed by atoms with Crippen LogP contribution >= 0.6 is 11.8 Å². The number of benzene rings is 1. The number of alkyl halides is 3. The quantitative estimate of drug-likeness (QED) is 0.779. The van der Waals surface area contributed by atoms with E-state index in [1.807, 2.05) is 0 Å². The van der Waals surface area contributed by atoms with Crippen molar-refractivity contribution in [2.24, 2.45) is 0 Å². The maximum absolute atomic E-state index is 12.0. The highest BCUT2D eigenvalue weighted by Crippen LogP contribution is 2.29. The minimum Gasteiger partial charge on any atom is -0.406 e. The fourth-order valence-corrected chi connectivity index (χ4v) is 1.96. The van der Waals surface area contributed by atoms with Crippen LogP contribution in [0.3, 0.4) is 0 Å². The first-order valence-electron chi connectivity index (χ1n) is 4.74. The predicted octanol–water partition coefficient (Wildman–Crippen LogP) is 3.44. The average Bonchev–Trinajstić information content (AvgIpc) is 2.14. The third-order valence-electron chi connectivity index (χ3n) is 1.92. The molecule has 1 aromatic carbocycles. The van der Waals surface area contributed by atoms with Crippen LogP contribution < -0.4 is 4.74 Å².